The van der Waals surface area contributed by atoms with E-state index in [2.05, 4.69) is 36.9 Å². The molecule has 1 fully saturated rings. The van der Waals surface area contributed by atoms with Gasteiger partial charge < -0.3 is 10.2 Å². The van der Waals surface area contributed by atoms with E-state index >= 15 is 0 Å². The van der Waals surface area contributed by atoms with Gasteiger partial charge in [0.2, 0.25) is 0 Å². The molecule has 1 aromatic rings. The maximum Gasteiger partial charge on any atom is 0.0619 e. The van der Waals surface area contributed by atoms with Gasteiger partial charge in [-0.1, -0.05) is 0 Å². The Morgan fingerprint density at radius 1 is 1.31 bits per heavy atom. The highest BCUT2D eigenvalue weighted by Gasteiger charge is 2.12. The van der Waals surface area contributed by atoms with Crippen LogP contribution < -0.4 is 10.2 Å². The van der Waals surface area contributed by atoms with E-state index in [1.807, 2.05) is 0 Å². The Bertz CT molecular complexity index is 266. The van der Waals surface area contributed by atoms with Crippen molar-refractivity contribution in [3.8, 4) is 0 Å². The zero-order chi connectivity index (χ0) is 9.10. The van der Waals surface area contributed by atoms with Gasteiger partial charge in [-0.05, 0) is 28.9 Å². The molecular formula is C9H13BrN2S. The van der Waals surface area contributed by atoms with E-state index in [-0.39, 0.29) is 0 Å². The summed E-state index contributed by atoms with van der Waals surface area (Å²) in [7, 11) is 0. The molecule has 2 nitrogen and oxygen atoms in total. The number of thiophene rings is 1. The lowest BCUT2D eigenvalue weighted by Gasteiger charge is -2.21. The minimum absolute atomic E-state index is 1.10. The van der Waals surface area contributed by atoms with Gasteiger partial charge in [-0.2, -0.15) is 0 Å². The van der Waals surface area contributed by atoms with E-state index in [4.69, 9.17) is 0 Å². The number of hydrogen-bond acceptors (Lipinski definition) is 3. The zero-order valence-electron chi connectivity index (χ0n) is 7.42. The van der Waals surface area contributed by atoms with Crippen LogP contribution in [-0.4, -0.2) is 26.2 Å². The molecule has 0 aromatic carbocycles. The highest BCUT2D eigenvalue weighted by Crippen LogP contribution is 2.30. The Morgan fingerprint density at radius 3 is 3.00 bits per heavy atom. The molecule has 72 valence electrons. The molecular weight excluding hydrogens is 248 g/mol. The molecule has 0 spiro atoms. The molecule has 0 bridgehead atoms. The molecule has 4 heteroatoms. The number of hydrogen-bond donors (Lipinski definition) is 1. The molecule has 0 amide bonds. The first kappa shape index (κ1) is 9.49. The van der Waals surface area contributed by atoms with Crippen molar-refractivity contribution in [1.29, 1.82) is 0 Å². The van der Waals surface area contributed by atoms with Crippen LogP contribution in [0.4, 0.5) is 5.69 Å². The minimum Gasteiger partial charge on any atom is -0.369 e. The standard InChI is InChI=1S/C9H13BrN2S/c10-8-6-13-7-9(8)12-4-1-2-11-3-5-12/h6-7,11H,1-5H2. The average molecular weight is 261 g/mol. The van der Waals surface area contributed by atoms with Gasteiger partial charge in [0.1, 0.15) is 0 Å². The van der Waals surface area contributed by atoms with Crippen LogP contribution in [0.3, 0.4) is 0 Å². The van der Waals surface area contributed by atoms with E-state index < -0.39 is 0 Å². The Kier molecular flexibility index (Phi) is 3.24. The van der Waals surface area contributed by atoms with Crippen molar-refractivity contribution in [3.63, 3.8) is 0 Å². The molecule has 1 aliphatic heterocycles. The quantitative estimate of drug-likeness (QED) is 0.834. The molecule has 1 N–H and O–H groups in total. The van der Waals surface area contributed by atoms with E-state index in [0.717, 1.165) is 19.6 Å². The number of rotatable bonds is 1. The first-order valence-corrected chi connectivity index (χ1v) is 6.29. The summed E-state index contributed by atoms with van der Waals surface area (Å²) in [5.41, 5.74) is 1.36. The van der Waals surface area contributed by atoms with Gasteiger partial charge in [0.05, 0.1) is 10.2 Å². The molecule has 0 radical (unpaired) electrons. The first-order chi connectivity index (χ1) is 6.38. The van der Waals surface area contributed by atoms with Crippen LogP contribution in [0.25, 0.3) is 0 Å². The number of nitrogens with zero attached hydrogens (tertiary/aromatic N) is 1. The third-order valence-electron chi connectivity index (χ3n) is 2.28. The third kappa shape index (κ3) is 2.24. The molecule has 0 atom stereocenters. The van der Waals surface area contributed by atoms with Crippen LogP contribution in [0.1, 0.15) is 6.42 Å². The van der Waals surface area contributed by atoms with Gasteiger partial charge in [-0.25, -0.2) is 0 Å². The fourth-order valence-corrected chi connectivity index (χ4v) is 3.14. The fraction of sp³-hybridized carbons (Fsp3) is 0.556. The Morgan fingerprint density at radius 2 is 2.23 bits per heavy atom. The fourth-order valence-electron chi connectivity index (χ4n) is 1.59. The van der Waals surface area contributed by atoms with Crippen molar-refractivity contribution >= 4 is 33.0 Å². The zero-order valence-corrected chi connectivity index (χ0v) is 9.83. The average Bonchev–Trinajstić information content (AvgIpc) is 2.43. The predicted molar refractivity (Wildman–Crippen MR) is 61.7 cm³/mol. The van der Waals surface area contributed by atoms with E-state index in [0.29, 0.717) is 0 Å². The van der Waals surface area contributed by atoms with E-state index in [9.17, 15) is 0 Å². The summed E-state index contributed by atoms with van der Waals surface area (Å²) in [6.07, 6.45) is 1.24. The normalized spacial score (nSPS) is 18.7. The third-order valence-corrected chi connectivity index (χ3v) is 3.95. The summed E-state index contributed by atoms with van der Waals surface area (Å²) in [5.74, 6) is 0. The van der Waals surface area contributed by atoms with Crippen LogP contribution in [0.15, 0.2) is 15.2 Å². The van der Waals surface area contributed by atoms with Crippen LogP contribution >= 0.6 is 27.3 Å². The SMILES string of the molecule is Brc1cscc1N1CCCNCC1. The lowest BCUT2D eigenvalue weighted by molar-refractivity contribution is 0.724. The molecule has 1 aliphatic rings. The summed E-state index contributed by atoms with van der Waals surface area (Å²) in [5, 5.41) is 7.77. The van der Waals surface area contributed by atoms with Gasteiger partial charge in [-0.15, -0.1) is 11.3 Å². The van der Waals surface area contributed by atoms with Crippen molar-refractivity contribution < 1.29 is 0 Å². The lowest BCUT2D eigenvalue weighted by atomic mass is 10.3. The topological polar surface area (TPSA) is 15.3 Å². The Balaban J connectivity index is 2.10. The van der Waals surface area contributed by atoms with Gasteiger partial charge in [0.25, 0.3) is 0 Å². The first-order valence-electron chi connectivity index (χ1n) is 4.55. The number of halogens is 1. The number of anilines is 1. The summed E-state index contributed by atoms with van der Waals surface area (Å²) in [6.45, 7) is 4.54. The second-order valence-electron chi connectivity index (χ2n) is 3.20. The molecule has 0 saturated carbocycles. The molecule has 0 unspecified atom stereocenters. The molecule has 13 heavy (non-hydrogen) atoms. The highest BCUT2D eigenvalue weighted by molar-refractivity contribution is 9.10. The van der Waals surface area contributed by atoms with Crippen molar-refractivity contribution in [1.82, 2.24) is 5.32 Å². The van der Waals surface area contributed by atoms with Crippen molar-refractivity contribution in [2.75, 3.05) is 31.1 Å². The molecule has 0 aliphatic carbocycles. The van der Waals surface area contributed by atoms with Gasteiger partial charge in [0.15, 0.2) is 0 Å². The highest BCUT2D eigenvalue weighted by atomic mass is 79.9. The van der Waals surface area contributed by atoms with Crippen LogP contribution in [0.5, 0.6) is 0 Å². The van der Waals surface area contributed by atoms with Gasteiger partial charge >= 0.3 is 0 Å². The minimum atomic E-state index is 1.10. The predicted octanol–water partition coefficient (Wildman–Crippen LogP) is 2.31. The monoisotopic (exact) mass is 260 g/mol. The van der Waals surface area contributed by atoms with Crippen LogP contribution in [0.2, 0.25) is 0 Å². The van der Waals surface area contributed by atoms with Crippen molar-refractivity contribution in [2.24, 2.45) is 0 Å². The van der Waals surface area contributed by atoms with Crippen LogP contribution in [-0.2, 0) is 0 Å². The van der Waals surface area contributed by atoms with Crippen molar-refractivity contribution in [3.05, 3.63) is 15.2 Å². The smallest absolute Gasteiger partial charge is 0.0619 e. The summed E-state index contributed by atoms with van der Waals surface area (Å²) in [4.78, 5) is 2.45. The second kappa shape index (κ2) is 4.44. The summed E-state index contributed by atoms with van der Waals surface area (Å²) >= 11 is 5.33. The summed E-state index contributed by atoms with van der Waals surface area (Å²) < 4.78 is 1.24. The molecule has 2 rings (SSSR count). The van der Waals surface area contributed by atoms with Gasteiger partial charge in [0, 0.05) is 30.4 Å². The Hall–Kier alpha value is -0.0600. The lowest BCUT2D eigenvalue weighted by Crippen LogP contribution is -2.27. The van der Waals surface area contributed by atoms with E-state index in [1.165, 1.54) is 23.1 Å². The molecule has 1 saturated heterocycles. The van der Waals surface area contributed by atoms with Crippen LogP contribution in [0, 0.1) is 0 Å². The van der Waals surface area contributed by atoms with E-state index in [1.54, 1.807) is 11.3 Å². The maximum atomic E-state index is 3.58. The largest absolute Gasteiger partial charge is 0.369 e. The van der Waals surface area contributed by atoms with Gasteiger partial charge in [-0.3, -0.25) is 0 Å². The van der Waals surface area contributed by atoms with Crippen molar-refractivity contribution in [2.45, 2.75) is 6.42 Å². The maximum absolute atomic E-state index is 3.58. The number of nitrogens with one attached hydrogen (secondary N) is 1. The molecule has 2 heterocycles. The second-order valence-corrected chi connectivity index (χ2v) is 4.79. The Labute approximate surface area is 91.1 Å². The summed E-state index contributed by atoms with van der Waals surface area (Å²) in [6, 6.07) is 0. The molecule has 1 aromatic heterocycles.